The van der Waals surface area contributed by atoms with Gasteiger partial charge in [-0.05, 0) is 18.8 Å². The Labute approximate surface area is 62.8 Å². The minimum Gasteiger partial charge on any atom is -0.299 e. The van der Waals surface area contributed by atoms with Gasteiger partial charge in [-0.2, -0.15) is 0 Å². The van der Waals surface area contributed by atoms with E-state index in [9.17, 15) is 4.79 Å². The highest BCUT2D eigenvalue weighted by molar-refractivity contribution is 5.85. The lowest BCUT2D eigenvalue weighted by molar-refractivity contribution is -0.123. The predicted molar refractivity (Wildman–Crippen MR) is 41.7 cm³/mol. The molecule has 0 aromatic rings. The van der Waals surface area contributed by atoms with Gasteiger partial charge in [-0.3, -0.25) is 4.79 Å². The molecule has 1 nitrogen and oxygen atoms in total. The molecule has 0 N–H and O–H groups in total. The van der Waals surface area contributed by atoms with Gasteiger partial charge in [0, 0.05) is 11.8 Å². The molecule has 1 heteroatoms. The Kier molecular flexibility index (Phi) is 2.12. The van der Waals surface area contributed by atoms with Crippen LogP contribution in [0.15, 0.2) is 0 Å². The van der Waals surface area contributed by atoms with Gasteiger partial charge in [0.2, 0.25) is 0 Å². The van der Waals surface area contributed by atoms with Crippen molar-refractivity contribution in [2.24, 2.45) is 17.8 Å². The van der Waals surface area contributed by atoms with Crippen LogP contribution in [-0.2, 0) is 4.79 Å². The largest absolute Gasteiger partial charge is 0.299 e. The normalized spacial score (nSPS) is 33.5. The van der Waals surface area contributed by atoms with E-state index in [1.807, 2.05) is 6.92 Å². The van der Waals surface area contributed by atoms with Gasteiger partial charge in [0.25, 0.3) is 0 Å². The second-order valence-corrected chi connectivity index (χ2v) is 3.53. The minimum absolute atomic E-state index is 0.301. The highest BCUT2D eigenvalue weighted by atomic mass is 16.1. The molecule has 0 bridgehead atoms. The van der Waals surface area contributed by atoms with Crippen LogP contribution in [0.25, 0.3) is 0 Å². The highest BCUT2D eigenvalue weighted by Crippen LogP contribution is 2.40. The number of hydrogen-bond donors (Lipinski definition) is 0. The van der Waals surface area contributed by atoms with Crippen molar-refractivity contribution in [2.75, 3.05) is 0 Å². The number of Topliss-reactive ketones (excluding diaryl/α,β-unsaturated/α-hetero) is 1. The second kappa shape index (κ2) is 2.73. The van der Waals surface area contributed by atoms with Gasteiger partial charge in [-0.25, -0.2) is 0 Å². The van der Waals surface area contributed by atoms with Gasteiger partial charge < -0.3 is 0 Å². The molecule has 0 radical (unpaired) electrons. The van der Waals surface area contributed by atoms with E-state index in [0.717, 1.165) is 12.8 Å². The van der Waals surface area contributed by atoms with E-state index in [0.29, 0.717) is 23.5 Å². The third-order valence-corrected chi connectivity index (χ3v) is 2.57. The van der Waals surface area contributed by atoms with Gasteiger partial charge in [0.1, 0.15) is 5.78 Å². The van der Waals surface area contributed by atoms with Gasteiger partial charge in [-0.15, -0.1) is 0 Å². The molecule has 3 atom stereocenters. The fourth-order valence-corrected chi connectivity index (χ4v) is 1.29. The quantitative estimate of drug-likeness (QED) is 0.587. The number of hydrogen-bond acceptors (Lipinski definition) is 1. The molecule has 1 fully saturated rings. The predicted octanol–water partition coefficient (Wildman–Crippen LogP) is 2.26. The summed E-state index contributed by atoms with van der Waals surface area (Å²) in [5.74, 6) is 1.90. The van der Waals surface area contributed by atoms with Crippen LogP contribution in [-0.4, -0.2) is 5.78 Å². The Bertz CT molecular complexity index is 134. The lowest BCUT2D eigenvalue weighted by Crippen LogP contribution is -2.12. The molecule has 0 heterocycles. The number of carbonyl (C=O) groups excluding carboxylic acids is 1. The Balaban J connectivity index is 2.35. The van der Waals surface area contributed by atoms with Crippen molar-refractivity contribution >= 4 is 5.78 Å². The monoisotopic (exact) mass is 140 g/mol. The molecule has 0 aromatic carbocycles. The van der Waals surface area contributed by atoms with Crippen LogP contribution in [0.3, 0.4) is 0 Å². The average Bonchev–Trinajstić information content (AvgIpc) is 2.63. The van der Waals surface area contributed by atoms with Crippen molar-refractivity contribution in [3.05, 3.63) is 0 Å². The molecule has 58 valence electrons. The summed E-state index contributed by atoms with van der Waals surface area (Å²) in [6.45, 7) is 6.27. The maximum Gasteiger partial charge on any atom is 0.139 e. The number of ketones is 1. The first-order valence-electron chi connectivity index (χ1n) is 4.20. The molecule has 0 amide bonds. The summed E-state index contributed by atoms with van der Waals surface area (Å²) in [5.41, 5.74) is 0. The van der Waals surface area contributed by atoms with Gasteiger partial charge in [0.05, 0.1) is 0 Å². The van der Waals surface area contributed by atoms with E-state index in [-0.39, 0.29) is 0 Å². The smallest absolute Gasteiger partial charge is 0.139 e. The van der Waals surface area contributed by atoms with Crippen LogP contribution in [0.5, 0.6) is 0 Å². The Morgan fingerprint density at radius 1 is 1.70 bits per heavy atom. The number of carbonyl (C=O) groups is 1. The second-order valence-electron chi connectivity index (χ2n) is 3.53. The topological polar surface area (TPSA) is 17.1 Å². The van der Waals surface area contributed by atoms with Gasteiger partial charge >= 0.3 is 0 Å². The molecule has 0 aliphatic heterocycles. The minimum atomic E-state index is 0.301. The lowest BCUT2D eigenvalue weighted by Gasteiger charge is -2.04. The first kappa shape index (κ1) is 7.77. The molecule has 1 saturated carbocycles. The van der Waals surface area contributed by atoms with E-state index in [1.165, 1.54) is 0 Å². The molecule has 1 rings (SSSR count). The van der Waals surface area contributed by atoms with E-state index >= 15 is 0 Å². The Hall–Kier alpha value is -0.330. The molecule has 3 unspecified atom stereocenters. The summed E-state index contributed by atoms with van der Waals surface area (Å²) in [7, 11) is 0. The molecular formula is C9H16O. The Morgan fingerprint density at radius 3 is 2.50 bits per heavy atom. The zero-order valence-corrected chi connectivity index (χ0v) is 7.05. The van der Waals surface area contributed by atoms with Crippen LogP contribution in [0.1, 0.15) is 33.6 Å². The summed E-state index contributed by atoms with van der Waals surface area (Å²) < 4.78 is 0. The average molecular weight is 140 g/mol. The van der Waals surface area contributed by atoms with Crippen molar-refractivity contribution < 1.29 is 4.79 Å². The van der Waals surface area contributed by atoms with Crippen LogP contribution in [0.2, 0.25) is 0 Å². The fourth-order valence-electron chi connectivity index (χ4n) is 1.29. The molecular weight excluding hydrogens is 124 g/mol. The molecule has 1 aliphatic carbocycles. The van der Waals surface area contributed by atoms with Crippen molar-refractivity contribution in [2.45, 2.75) is 33.6 Å². The SMILES string of the molecule is CCC(C)C(=O)C1CC1C. The highest BCUT2D eigenvalue weighted by Gasteiger charge is 2.40. The molecule has 0 aromatic heterocycles. The lowest BCUT2D eigenvalue weighted by atomic mass is 9.99. The van der Waals surface area contributed by atoms with Crippen molar-refractivity contribution in [3.8, 4) is 0 Å². The van der Waals surface area contributed by atoms with Crippen molar-refractivity contribution in [1.82, 2.24) is 0 Å². The first-order chi connectivity index (χ1) is 4.66. The zero-order valence-electron chi connectivity index (χ0n) is 7.05. The Morgan fingerprint density at radius 2 is 2.20 bits per heavy atom. The molecule has 1 aliphatic rings. The maximum absolute atomic E-state index is 11.3. The van der Waals surface area contributed by atoms with Crippen LogP contribution in [0, 0.1) is 17.8 Å². The third-order valence-electron chi connectivity index (χ3n) is 2.57. The van der Waals surface area contributed by atoms with E-state index in [1.54, 1.807) is 0 Å². The van der Waals surface area contributed by atoms with Gasteiger partial charge in [0.15, 0.2) is 0 Å². The standard InChI is InChI=1S/C9H16O/c1-4-6(2)9(10)8-5-7(8)3/h6-8H,4-5H2,1-3H3. The maximum atomic E-state index is 11.3. The first-order valence-corrected chi connectivity index (χ1v) is 4.20. The molecule has 0 saturated heterocycles. The zero-order chi connectivity index (χ0) is 7.72. The van der Waals surface area contributed by atoms with Crippen LogP contribution in [0.4, 0.5) is 0 Å². The summed E-state index contributed by atoms with van der Waals surface area (Å²) >= 11 is 0. The summed E-state index contributed by atoms with van der Waals surface area (Å²) in [6, 6.07) is 0. The molecule has 0 spiro atoms. The third kappa shape index (κ3) is 1.39. The number of rotatable bonds is 3. The fraction of sp³-hybridized carbons (Fsp3) is 0.889. The van der Waals surface area contributed by atoms with E-state index < -0.39 is 0 Å². The molecule has 10 heavy (non-hydrogen) atoms. The van der Waals surface area contributed by atoms with Crippen molar-refractivity contribution in [3.63, 3.8) is 0 Å². The van der Waals surface area contributed by atoms with Gasteiger partial charge in [-0.1, -0.05) is 20.8 Å². The van der Waals surface area contributed by atoms with Crippen LogP contribution < -0.4 is 0 Å². The van der Waals surface area contributed by atoms with E-state index in [4.69, 9.17) is 0 Å². The summed E-state index contributed by atoms with van der Waals surface area (Å²) in [4.78, 5) is 11.3. The summed E-state index contributed by atoms with van der Waals surface area (Å²) in [5, 5.41) is 0. The van der Waals surface area contributed by atoms with Crippen LogP contribution >= 0.6 is 0 Å². The van der Waals surface area contributed by atoms with E-state index in [2.05, 4.69) is 13.8 Å². The summed E-state index contributed by atoms with van der Waals surface area (Å²) in [6.07, 6.45) is 2.14. The van der Waals surface area contributed by atoms with Crippen molar-refractivity contribution in [1.29, 1.82) is 0 Å².